The Morgan fingerprint density at radius 2 is 1.80 bits per heavy atom. The van der Waals surface area contributed by atoms with Gasteiger partial charge in [-0.3, -0.25) is 19.3 Å². The highest BCUT2D eigenvalue weighted by atomic mass is 16.3. The average Bonchev–Trinajstić information content (AvgIpc) is 2.75. The maximum Gasteiger partial charge on any atom is 0.255 e. The molecule has 10 nitrogen and oxygen atoms in total. The van der Waals surface area contributed by atoms with Crippen molar-refractivity contribution in [1.82, 2.24) is 4.90 Å². The van der Waals surface area contributed by atoms with Crippen molar-refractivity contribution in [2.24, 2.45) is 17.6 Å². The molecule has 1 amide bonds. The molecule has 1 aromatic rings. The van der Waals surface area contributed by atoms with E-state index in [0.29, 0.717) is 17.5 Å². The van der Waals surface area contributed by atoms with Crippen molar-refractivity contribution >= 4 is 28.9 Å². The van der Waals surface area contributed by atoms with Gasteiger partial charge < -0.3 is 31.1 Å². The molecule has 6 N–H and O–H groups in total. The number of carbonyl (C=O) groups is 3. The number of carbonyl (C=O) groups excluding carboxylic acids is 3. The lowest BCUT2D eigenvalue weighted by Crippen LogP contribution is -2.65. The summed E-state index contributed by atoms with van der Waals surface area (Å²) in [7, 11) is 6.82. The Hall–Kier alpha value is -3.37. The standard InChI is InChI=1S/C25H31N3O7/c1-6-10-9-14(27(2)3)12-7-11-8-13-18(28(4)5)21(31)17(24(26)34)23(33)25(13,35)22(32)15(11)20(30)16(12)19(10)29/h9,11,13,18,29-30,33,35H,6-8H2,1-5H3,(H2,26,34)/t11-,13-,18+,25-/m0/s1. The van der Waals surface area contributed by atoms with Crippen LogP contribution in [0.15, 0.2) is 23.0 Å². The maximum atomic E-state index is 13.8. The van der Waals surface area contributed by atoms with Gasteiger partial charge in [0.05, 0.1) is 11.6 Å². The molecule has 10 heteroatoms. The second-order valence-electron chi connectivity index (χ2n) is 9.97. The lowest BCUT2D eigenvalue weighted by atomic mass is 9.57. The monoisotopic (exact) mass is 485 g/mol. The topological polar surface area (TPSA) is 165 Å². The summed E-state index contributed by atoms with van der Waals surface area (Å²) in [5.74, 6) is -6.43. The summed E-state index contributed by atoms with van der Waals surface area (Å²) in [5, 5.41) is 44.8. The third-order valence-corrected chi connectivity index (χ3v) is 7.64. The highest BCUT2D eigenvalue weighted by Gasteiger charge is 2.64. The van der Waals surface area contributed by atoms with Crippen molar-refractivity contribution in [3.05, 3.63) is 39.7 Å². The van der Waals surface area contributed by atoms with Crippen LogP contribution in [-0.2, 0) is 27.2 Å². The fraction of sp³-hybridized carbons (Fsp3) is 0.480. The third kappa shape index (κ3) is 3.20. The normalized spacial score (nSPS) is 28.1. The zero-order valence-corrected chi connectivity index (χ0v) is 20.4. The molecule has 0 aliphatic heterocycles. The van der Waals surface area contributed by atoms with E-state index in [-0.39, 0.29) is 29.7 Å². The maximum absolute atomic E-state index is 13.8. The lowest BCUT2D eigenvalue weighted by molar-refractivity contribution is -0.153. The number of phenolic OH excluding ortho intramolecular Hbond substituents is 1. The van der Waals surface area contributed by atoms with Crippen molar-refractivity contribution in [3.8, 4) is 5.75 Å². The van der Waals surface area contributed by atoms with E-state index in [2.05, 4.69) is 0 Å². The van der Waals surface area contributed by atoms with Crippen LogP contribution in [0.1, 0.15) is 30.0 Å². The number of fused-ring (bicyclic) bond motifs is 3. The lowest BCUT2D eigenvalue weighted by Gasteiger charge is -2.50. The molecule has 3 aliphatic carbocycles. The number of hydrogen-bond donors (Lipinski definition) is 5. The number of nitrogens with zero attached hydrogens (tertiary/aromatic N) is 2. The smallest absolute Gasteiger partial charge is 0.255 e. The average molecular weight is 486 g/mol. The van der Waals surface area contributed by atoms with E-state index in [9.17, 15) is 34.8 Å². The minimum Gasteiger partial charge on any atom is -0.508 e. The Morgan fingerprint density at radius 1 is 1.17 bits per heavy atom. The van der Waals surface area contributed by atoms with Crippen molar-refractivity contribution in [2.45, 2.75) is 37.8 Å². The number of primary amides is 1. The van der Waals surface area contributed by atoms with Gasteiger partial charge >= 0.3 is 0 Å². The van der Waals surface area contributed by atoms with E-state index in [1.54, 1.807) is 14.1 Å². The first-order valence-electron chi connectivity index (χ1n) is 11.5. The fourth-order valence-corrected chi connectivity index (χ4v) is 6.01. The highest BCUT2D eigenvalue weighted by molar-refractivity contribution is 6.24. The van der Waals surface area contributed by atoms with Crippen molar-refractivity contribution in [1.29, 1.82) is 0 Å². The Balaban J connectivity index is 2.01. The molecular formula is C25H31N3O7. The number of aliphatic hydroxyl groups is 3. The van der Waals surface area contributed by atoms with Gasteiger partial charge in [-0.05, 0) is 56.5 Å². The van der Waals surface area contributed by atoms with Gasteiger partial charge in [-0.1, -0.05) is 6.92 Å². The predicted octanol–water partition coefficient (Wildman–Crippen LogP) is 0.592. The zero-order valence-electron chi connectivity index (χ0n) is 20.4. The van der Waals surface area contributed by atoms with Gasteiger partial charge in [0.1, 0.15) is 22.8 Å². The second kappa shape index (κ2) is 8.10. The molecule has 4 atom stereocenters. The largest absolute Gasteiger partial charge is 0.508 e. The highest BCUT2D eigenvalue weighted by Crippen LogP contribution is 2.54. The number of phenols is 1. The molecule has 3 aliphatic rings. The number of Topliss-reactive ketones (excluding diaryl/α,β-unsaturated/α-hetero) is 2. The molecule has 35 heavy (non-hydrogen) atoms. The minimum atomic E-state index is -2.63. The van der Waals surface area contributed by atoms with E-state index < -0.39 is 58.0 Å². The number of ketones is 2. The first-order chi connectivity index (χ1) is 16.3. The van der Waals surface area contributed by atoms with E-state index >= 15 is 0 Å². The molecule has 0 radical (unpaired) electrons. The number of amides is 1. The molecule has 0 unspecified atom stereocenters. The number of rotatable bonds is 4. The first kappa shape index (κ1) is 24.7. The third-order valence-electron chi connectivity index (χ3n) is 7.64. The number of aromatic hydroxyl groups is 1. The van der Waals surface area contributed by atoms with Gasteiger partial charge in [-0.15, -0.1) is 0 Å². The van der Waals surface area contributed by atoms with Crippen LogP contribution in [0, 0.1) is 11.8 Å². The second-order valence-corrected chi connectivity index (χ2v) is 9.97. The van der Waals surface area contributed by atoms with E-state index in [1.807, 2.05) is 32.0 Å². The molecule has 1 saturated carbocycles. The van der Waals surface area contributed by atoms with Crippen LogP contribution in [0.5, 0.6) is 5.75 Å². The van der Waals surface area contributed by atoms with Crippen LogP contribution in [0.3, 0.4) is 0 Å². The molecule has 188 valence electrons. The molecular weight excluding hydrogens is 454 g/mol. The fourth-order valence-electron chi connectivity index (χ4n) is 6.01. The van der Waals surface area contributed by atoms with Gasteiger partial charge in [0.2, 0.25) is 5.78 Å². The van der Waals surface area contributed by atoms with Crippen LogP contribution in [-0.4, -0.2) is 82.6 Å². The molecule has 0 heterocycles. The number of aryl methyl sites for hydroxylation is 1. The summed E-state index contributed by atoms with van der Waals surface area (Å²) in [6.45, 7) is 1.85. The Bertz CT molecular complexity index is 1230. The van der Waals surface area contributed by atoms with Crippen LogP contribution in [0.2, 0.25) is 0 Å². The molecule has 0 aromatic heterocycles. The zero-order chi connectivity index (χ0) is 26.1. The quantitative estimate of drug-likeness (QED) is 0.384. The number of aliphatic hydroxyl groups excluding tert-OH is 2. The van der Waals surface area contributed by atoms with Crippen LogP contribution in [0.25, 0.3) is 5.76 Å². The number of nitrogens with two attached hydrogens (primary N) is 1. The Morgan fingerprint density at radius 3 is 2.31 bits per heavy atom. The van der Waals surface area contributed by atoms with Gasteiger partial charge in [-0.2, -0.15) is 0 Å². The first-order valence-corrected chi connectivity index (χ1v) is 11.5. The molecule has 1 fully saturated rings. The number of hydrogen-bond acceptors (Lipinski definition) is 9. The van der Waals surface area contributed by atoms with Crippen LogP contribution < -0.4 is 10.6 Å². The summed E-state index contributed by atoms with van der Waals surface area (Å²) in [4.78, 5) is 42.3. The SMILES string of the molecule is CCc1cc(N(C)C)c2c(c1O)C(O)=C1C(=O)[C@]3(O)C(O)=C(C(N)=O)C(=O)[C@H](N(C)C)[C@@H]3C[C@@H]1C2. The predicted molar refractivity (Wildman–Crippen MR) is 128 cm³/mol. The van der Waals surface area contributed by atoms with Crippen molar-refractivity contribution < 1.29 is 34.8 Å². The summed E-state index contributed by atoms with van der Waals surface area (Å²) in [6.07, 6.45) is 0.804. The Kier molecular flexibility index (Phi) is 5.72. The van der Waals surface area contributed by atoms with Crippen molar-refractivity contribution in [3.63, 3.8) is 0 Å². The van der Waals surface area contributed by atoms with Crippen LogP contribution in [0.4, 0.5) is 5.69 Å². The molecule has 0 spiro atoms. The number of anilines is 1. The number of likely N-dealkylation sites (N-methyl/N-ethyl adjacent to an activating group) is 1. The van der Waals surface area contributed by atoms with Gasteiger partial charge in [0, 0.05) is 31.3 Å². The van der Waals surface area contributed by atoms with Gasteiger partial charge in [-0.25, -0.2) is 0 Å². The summed E-state index contributed by atoms with van der Waals surface area (Å²) in [5.41, 5.74) is 3.85. The van der Waals surface area contributed by atoms with Crippen LogP contribution >= 0.6 is 0 Å². The van der Waals surface area contributed by atoms with E-state index in [0.717, 1.165) is 5.69 Å². The summed E-state index contributed by atoms with van der Waals surface area (Å²) >= 11 is 0. The summed E-state index contributed by atoms with van der Waals surface area (Å²) in [6, 6.07) is 0.741. The summed E-state index contributed by atoms with van der Waals surface area (Å²) < 4.78 is 0. The van der Waals surface area contributed by atoms with Gasteiger partial charge in [0.25, 0.3) is 5.91 Å². The van der Waals surface area contributed by atoms with Crippen molar-refractivity contribution in [2.75, 3.05) is 33.1 Å². The minimum absolute atomic E-state index is 0.0644. The van der Waals surface area contributed by atoms with E-state index in [1.165, 1.54) is 4.90 Å². The molecule has 4 rings (SSSR count). The van der Waals surface area contributed by atoms with Gasteiger partial charge in [0.15, 0.2) is 11.4 Å². The molecule has 0 bridgehead atoms. The molecule has 1 aromatic carbocycles. The molecule has 0 saturated heterocycles. The number of benzene rings is 1. The van der Waals surface area contributed by atoms with E-state index in [4.69, 9.17) is 5.73 Å². The Labute approximate surface area is 202 Å².